The molecular formula is C52H55N3O8S. The van der Waals surface area contributed by atoms with Crippen LogP contribution >= 0.6 is 0 Å². The number of methoxy groups -OCH3 is 2. The van der Waals surface area contributed by atoms with Gasteiger partial charge in [0.15, 0.2) is 17.8 Å². The molecule has 0 saturated carbocycles. The Labute approximate surface area is 376 Å². The molecule has 6 aromatic carbocycles. The summed E-state index contributed by atoms with van der Waals surface area (Å²) in [5, 5.41) is 12.8. The Bertz CT molecular complexity index is 2590. The van der Waals surface area contributed by atoms with Crippen LogP contribution in [0.5, 0.6) is 11.5 Å². The Morgan fingerprint density at radius 1 is 0.750 bits per heavy atom. The van der Waals surface area contributed by atoms with Gasteiger partial charge in [-0.05, 0) is 83.0 Å². The van der Waals surface area contributed by atoms with E-state index in [1.54, 1.807) is 26.4 Å². The van der Waals surface area contributed by atoms with Crippen molar-refractivity contribution in [2.24, 2.45) is 0 Å². The van der Waals surface area contributed by atoms with Gasteiger partial charge in [0.1, 0.15) is 6.04 Å². The van der Waals surface area contributed by atoms with Crippen molar-refractivity contribution in [2.75, 3.05) is 27.3 Å². The van der Waals surface area contributed by atoms with Crippen LogP contribution in [0.4, 0.5) is 0 Å². The number of aliphatic hydroxyl groups is 1. The molecule has 3 N–H and O–H groups in total. The van der Waals surface area contributed by atoms with Crippen molar-refractivity contribution in [2.45, 2.75) is 74.8 Å². The second kappa shape index (κ2) is 20.3. The number of fused-ring (bicyclic) bond motifs is 1. The highest BCUT2D eigenvalue weighted by molar-refractivity contribution is 7.89. The summed E-state index contributed by atoms with van der Waals surface area (Å²) < 4.78 is 54.8. The van der Waals surface area contributed by atoms with Gasteiger partial charge < -0.3 is 29.4 Å². The Balaban J connectivity index is 1.03. The van der Waals surface area contributed by atoms with Gasteiger partial charge in [-0.1, -0.05) is 127 Å². The Hall–Kier alpha value is -5.86. The van der Waals surface area contributed by atoms with E-state index in [-0.39, 0.29) is 42.6 Å². The highest BCUT2D eigenvalue weighted by Gasteiger charge is 2.43. The summed E-state index contributed by atoms with van der Waals surface area (Å²) in [7, 11) is -0.671. The summed E-state index contributed by atoms with van der Waals surface area (Å²) in [6, 6.07) is 45.0. The first-order valence-electron chi connectivity index (χ1n) is 21.6. The van der Waals surface area contributed by atoms with E-state index < -0.39 is 28.3 Å². The average molecular weight is 882 g/mol. The van der Waals surface area contributed by atoms with Crippen LogP contribution in [0, 0.1) is 6.92 Å². The molecular weight excluding hydrogens is 827 g/mol. The molecule has 2 aliphatic heterocycles. The molecule has 12 heteroatoms. The molecule has 0 bridgehead atoms. The van der Waals surface area contributed by atoms with Gasteiger partial charge in [0.25, 0.3) is 0 Å². The van der Waals surface area contributed by atoms with Crippen LogP contribution < -0.4 is 19.5 Å². The molecule has 11 nitrogen and oxygen atoms in total. The Morgan fingerprint density at radius 2 is 1.38 bits per heavy atom. The smallest absolute Gasteiger partial charge is 0.241 e. The number of hydrogen-bond donors (Lipinski definition) is 3. The van der Waals surface area contributed by atoms with E-state index >= 15 is 0 Å². The van der Waals surface area contributed by atoms with E-state index in [4.69, 9.17) is 18.9 Å². The highest BCUT2D eigenvalue weighted by atomic mass is 32.2. The Kier molecular flexibility index (Phi) is 14.2. The minimum absolute atomic E-state index is 0.0566. The van der Waals surface area contributed by atoms with Crippen LogP contribution in [0.25, 0.3) is 0 Å². The predicted octanol–water partition coefficient (Wildman–Crippen LogP) is 7.71. The maximum atomic E-state index is 13.8. The molecule has 2 aliphatic rings. The molecule has 0 spiro atoms. The van der Waals surface area contributed by atoms with Gasteiger partial charge >= 0.3 is 0 Å². The van der Waals surface area contributed by atoms with Crippen molar-refractivity contribution in [1.82, 2.24) is 14.9 Å². The third-order valence-corrected chi connectivity index (χ3v) is 13.6. The first-order chi connectivity index (χ1) is 31.1. The van der Waals surface area contributed by atoms with Gasteiger partial charge in [-0.25, -0.2) is 8.42 Å². The van der Waals surface area contributed by atoms with Gasteiger partial charge in [-0.3, -0.25) is 9.69 Å². The van der Waals surface area contributed by atoms with Gasteiger partial charge in [0, 0.05) is 37.7 Å². The first kappa shape index (κ1) is 44.7. The van der Waals surface area contributed by atoms with E-state index in [0.717, 1.165) is 64.2 Å². The van der Waals surface area contributed by atoms with E-state index in [2.05, 4.69) is 39.2 Å². The normalized spacial score (nSPS) is 19.3. The number of sulfonamides is 1. The number of aryl methyl sites for hydroxylation is 1. The summed E-state index contributed by atoms with van der Waals surface area (Å²) in [6.45, 7) is 4.20. The second-order valence-corrected chi connectivity index (χ2v) is 18.2. The molecule has 64 heavy (non-hydrogen) atoms. The van der Waals surface area contributed by atoms with Gasteiger partial charge in [0.2, 0.25) is 15.9 Å². The zero-order valence-corrected chi connectivity index (χ0v) is 37.2. The average Bonchev–Trinajstić information content (AvgIpc) is 3.33. The van der Waals surface area contributed by atoms with Crippen molar-refractivity contribution in [3.63, 3.8) is 0 Å². The van der Waals surface area contributed by atoms with Gasteiger partial charge in [-0.2, -0.15) is 4.72 Å². The zero-order chi connectivity index (χ0) is 44.6. The Morgan fingerprint density at radius 3 is 2.03 bits per heavy atom. The number of ether oxygens (including phenoxy) is 4. The number of carbonyl (C=O) groups is 1. The lowest BCUT2D eigenvalue weighted by atomic mass is 9.82. The van der Waals surface area contributed by atoms with E-state index in [1.165, 1.54) is 23.3 Å². The molecule has 332 valence electrons. The topological polar surface area (TPSA) is 136 Å². The molecule has 0 radical (unpaired) electrons. The molecule has 5 unspecified atom stereocenters. The van der Waals surface area contributed by atoms with Crippen molar-refractivity contribution in [1.29, 1.82) is 0 Å². The number of aliphatic hydroxyl groups excluding tert-OH is 1. The fourth-order valence-electron chi connectivity index (χ4n) is 8.63. The summed E-state index contributed by atoms with van der Waals surface area (Å²) in [4.78, 5) is 16.3. The molecule has 1 amide bonds. The van der Waals surface area contributed by atoms with Crippen LogP contribution in [0.15, 0.2) is 150 Å². The molecule has 2 heterocycles. The van der Waals surface area contributed by atoms with Crippen LogP contribution in [0.3, 0.4) is 0 Å². The molecule has 8 rings (SSSR count). The van der Waals surface area contributed by atoms with Crippen molar-refractivity contribution in [3.05, 3.63) is 196 Å². The zero-order valence-electron chi connectivity index (χ0n) is 36.4. The monoisotopic (exact) mass is 881 g/mol. The third-order valence-electron chi connectivity index (χ3n) is 12.2. The molecule has 5 atom stereocenters. The minimum Gasteiger partial charge on any atom is -0.493 e. The van der Waals surface area contributed by atoms with Crippen molar-refractivity contribution < 1.29 is 37.3 Å². The lowest BCUT2D eigenvalue weighted by Crippen LogP contribution is -2.47. The SMILES string of the molecule is COc1cc2c(cc1OC)CN(CC1OC(c3ccc(CNC(=O)C(Cc4ccccc4)NS(=O)(=O)c4ccc(C)cc4)cc3)OC(c3ccc(CO)cc3)C1c1ccccc1)CC2. The highest BCUT2D eigenvalue weighted by Crippen LogP contribution is 2.47. The van der Waals surface area contributed by atoms with Crippen LogP contribution in [-0.4, -0.2) is 63.8 Å². The van der Waals surface area contributed by atoms with Crippen LogP contribution in [0.1, 0.15) is 68.4 Å². The molecule has 1 fully saturated rings. The number of hydrogen-bond acceptors (Lipinski definition) is 9. The molecule has 0 aliphatic carbocycles. The molecule has 0 aromatic heterocycles. The number of nitrogens with zero attached hydrogens (tertiary/aromatic N) is 1. The predicted molar refractivity (Wildman–Crippen MR) is 245 cm³/mol. The van der Waals surface area contributed by atoms with Crippen molar-refractivity contribution in [3.8, 4) is 11.5 Å². The van der Waals surface area contributed by atoms with E-state index in [9.17, 15) is 18.3 Å². The largest absolute Gasteiger partial charge is 0.493 e. The number of nitrogens with one attached hydrogen (secondary N) is 2. The summed E-state index contributed by atoms with van der Waals surface area (Å²) >= 11 is 0. The van der Waals surface area contributed by atoms with Gasteiger partial charge in [-0.15, -0.1) is 0 Å². The standard InChI is InChI=1S/C52H55N3O8S/c1-35-14-24-44(25-15-35)64(58,59)54-45(28-36-10-6-4-7-11-36)51(57)53-31-37-16-22-41(23-17-37)52-62-48(33-55-27-26-42-29-46(60-2)47(61-3)30-43(42)32-55)49(39-12-8-5-9-13-39)50(63-52)40-20-18-38(34-56)19-21-40/h4-25,29-30,45,48-50,52,54,56H,26-28,31-34H2,1-3H3,(H,53,57). The number of benzene rings is 6. The maximum Gasteiger partial charge on any atom is 0.241 e. The first-order valence-corrected chi connectivity index (χ1v) is 23.1. The minimum atomic E-state index is -3.99. The second-order valence-electron chi connectivity index (χ2n) is 16.5. The third kappa shape index (κ3) is 10.6. The van der Waals surface area contributed by atoms with E-state index in [0.29, 0.717) is 12.3 Å². The molecule has 6 aromatic rings. The number of amides is 1. The number of carbonyl (C=O) groups excluding carboxylic acids is 1. The molecule has 1 saturated heterocycles. The van der Waals surface area contributed by atoms with Gasteiger partial charge in [0.05, 0.1) is 37.9 Å². The quantitative estimate of drug-likeness (QED) is 0.0894. The number of rotatable bonds is 16. The van der Waals surface area contributed by atoms with Crippen molar-refractivity contribution >= 4 is 15.9 Å². The lowest BCUT2D eigenvalue weighted by molar-refractivity contribution is -0.263. The summed E-state index contributed by atoms with van der Waals surface area (Å²) in [5.74, 6) is 0.833. The van der Waals surface area contributed by atoms with E-state index in [1.807, 2.05) is 104 Å². The lowest BCUT2D eigenvalue weighted by Gasteiger charge is -2.45. The van der Waals surface area contributed by atoms with Crippen LogP contribution in [0.2, 0.25) is 0 Å². The summed E-state index contributed by atoms with van der Waals surface area (Å²) in [6.07, 6.45) is -0.355. The summed E-state index contributed by atoms with van der Waals surface area (Å²) in [5.41, 5.74) is 8.73. The van der Waals surface area contributed by atoms with Crippen LogP contribution in [-0.2, 0) is 56.8 Å². The maximum absolute atomic E-state index is 13.8. The fourth-order valence-corrected chi connectivity index (χ4v) is 9.83. The fraction of sp³-hybridized carbons (Fsp3) is 0.288.